The maximum absolute atomic E-state index is 13.3. The van der Waals surface area contributed by atoms with E-state index in [1.165, 1.54) is 18.2 Å². The van der Waals surface area contributed by atoms with Crippen LogP contribution in [0.15, 0.2) is 99.1 Å². The van der Waals surface area contributed by atoms with Crippen LogP contribution in [0, 0.1) is 0 Å². The third-order valence-corrected chi connectivity index (χ3v) is 7.84. The summed E-state index contributed by atoms with van der Waals surface area (Å²) in [7, 11) is -5.95. The third-order valence-electron chi connectivity index (χ3n) is 6.88. The van der Waals surface area contributed by atoms with Gasteiger partial charge >= 0.3 is 15.6 Å². The lowest BCUT2D eigenvalue weighted by Gasteiger charge is -2.15. The summed E-state index contributed by atoms with van der Waals surface area (Å²) in [5.74, 6) is -0.507. The van der Waals surface area contributed by atoms with E-state index in [-0.39, 0.29) is 5.56 Å². The highest BCUT2D eigenvalue weighted by Gasteiger charge is 2.49. The molecule has 0 aliphatic rings. The Bertz CT molecular complexity index is 1990. The molecule has 0 saturated heterocycles. The average molecular weight is 572 g/mol. The van der Waals surface area contributed by atoms with Crippen LogP contribution in [0.3, 0.4) is 0 Å². The number of hydrogen-bond donors (Lipinski definition) is 0. The summed E-state index contributed by atoms with van der Waals surface area (Å²) < 4.78 is 70.5. The van der Waals surface area contributed by atoms with Crippen molar-refractivity contribution in [2.45, 2.75) is 5.51 Å². The van der Waals surface area contributed by atoms with E-state index in [0.717, 1.165) is 33.2 Å². The van der Waals surface area contributed by atoms with Crippen molar-refractivity contribution in [2.75, 3.05) is 0 Å². The van der Waals surface area contributed by atoms with E-state index in [9.17, 15) is 21.6 Å². The molecule has 0 atom stereocenters. The van der Waals surface area contributed by atoms with E-state index in [4.69, 9.17) is 0 Å². The lowest BCUT2D eigenvalue weighted by atomic mass is 9.94. The fourth-order valence-electron chi connectivity index (χ4n) is 5.12. The fourth-order valence-corrected chi connectivity index (χ4v) is 5.59. The predicted octanol–water partition coefficient (Wildman–Crippen LogP) is 9.25. The van der Waals surface area contributed by atoms with Crippen molar-refractivity contribution in [1.29, 1.82) is 0 Å². The predicted molar refractivity (Wildman–Crippen MR) is 162 cm³/mol. The first-order valence-electron chi connectivity index (χ1n) is 12.4. The van der Waals surface area contributed by atoms with E-state index >= 15 is 0 Å². The van der Waals surface area contributed by atoms with Gasteiger partial charge in [-0.05, 0) is 46.0 Å². The first-order valence-corrected chi connectivity index (χ1v) is 13.8. The maximum Gasteiger partial charge on any atom is 0.534 e. The van der Waals surface area contributed by atoms with Gasteiger partial charge in [0, 0.05) is 28.1 Å². The summed E-state index contributed by atoms with van der Waals surface area (Å²) >= 11 is 0. The number of rotatable bonds is 8. The Kier molecular flexibility index (Phi) is 6.97. The number of hydrogen-bond acceptors (Lipinski definition) is 3. The van der Waals surface area contributed by atoms with Crippen LogP contribution >= 0.6 is 0 Å². The Morgan fingerprint density at radius 2 is 1.41 bits per heavy atom. The molecular formula is C33H24F3NO3S. The summed E-state index contributed by atoms with van der Waals surface area (Å²) in [6, 6.07) is 22.2. The van der Waals surface area contributed by atoms with Gasteiger partial charge in [0.15, 0.2) is 5.75 Å². The van der Waals surface area contributed by atoms with Gasteiger partial charge in [-0.25, -0.2) is 0 Å². The van der Waals surface area contributed by atoms with E-state index in [1.807, 2.05) is 71.3 Å². The molecule has 0 aliphatic carbocycles. The van der Waals surface area contributed by atoms with Gasteiger partial charge in [0.2, 0.25) is 0 Å². The molecule has 4 nitrogen and oxygen atoms in total. The Labute approximate surface area is 235 Å². The molecule has 1 aromatic heterocycles. The van der Waals surface area contributed by atoms with Crippen molar-refractivity contribution in [3.8, 4) is 22.6 Å². The van der Waals surface area contributed by atoms with Gasteiger partial charge in [0.1, 0.15) is 0 Å². The van der Waals surface area contributed by atoms with Crippen molar-refractivity contribution < 1.29 is 25.8 Å². The Morgan fingerprint density at radius 3 is 2.02 bits per heavy atom. The van der Waals surface area contributed by atoms with Crippen LogP contribution in [0.2, 0.25) is 0 Å². The fraction of sp³-hybridized carbons (Fsp3) is 0.0303. The first-order chi connectivity index (χ1) is 19.6. The monoisotopic (exact) mass is 571 g/mol. The van der Waals surface area contributed by atoms with Gasteiger partial charge in [-0.15, -0.1) is 0 Å². The number of para-hydroxylation sites is 1. The van der Waals surface area contributed by atoms with Crippen LogP contribution in [-0.2, 0) is 10.1 Å². The minimum Gasteiger partial charge on any atom is -0.375 e. The van der Waals surface area contributed by atoms with Gasteiger partial charge in [-0.1, -0.05) is 99.2 Å². The molecule has 5 aromatic rings. The van der Waals surface area contributed by atoms with Gasteiger partial charge in [0.25, 0.3) is 0 Å². The van der Waals surface area contributed by atoms with Gasteiger partial charge < -0.3 is 8.75 Å². The van der Waals surface area contributed by atoms with Crippen molar-refractivity contribution in [2.24, 2.45) is 0 Å². The molecule has 0 fully saturated rings. The number of aromatic nitrogens is 1. The second-order valence-electron chi connectivity index (χ2n) is 9.11. The van der Waals surface area contributed by atoms with Gasteiger partial charge in [-0.2, -0.15) is 21.6 Å². The molecule has 41 heavy (non-hydrogen) atoms. The minimum absolute atomic E-state index is 0.0733. The molecule has 0 spiro atoms. The molecule has 206 valence electrons. The molecule has 0 aliphatic heterocycles. The highest BCUT2D eigenvalue weighted by Crippen LogP contribution is 2.43. The number of nitrogens with zero attached hydrogens (tertiary/aromatic N) is 1. The lowest BCUT2D eigenvalue weighted by Crippen LogP contribution is -2.28. The van der Waals surface area contributed by atoms with E-state index in [1.54, 1.807) is 12.2 Å². The maximum atomic E-state index is 13.3. The minimum atomic E-state index is -5.95. The standard InChI is InChI=1S/C33H24F3NO3S/c1-5-21-13-12-16-27(24(21)6-2)22-17-18-28-29(19-22)37(23-14-10-9-11-15-23)30-20-31(40-41(38,39)33(34,35)36)25(7-3)26(8-4)32(28)30/h5-20H,1-4H2. The number of fused-ring (bicyclic) bond motifs is 3. The highest BCUT2D eigenvalue weighted by molar-refractivity contribution is 7.88. The normalized spacial score (nSPS) is 11.9. The number of benzene rings is 4. The van der Waals surface area contributed by atoms with Gasteiger partial charge in [-0.3, -0.25) is 0 Å². The van der Waals surface area contributed by atoms with Crippen LogP contribution in [0.25, 0.3) is 62.9 Å². The van der Waals surface area contributed by atoms with Gasteiger partial charge in [0.05, 0.1) is 11.0 Å². The lowest BCUT2D eigenvalue weighted by molar-refractivity contribution is -0.0500. The summed E-state index contributed by atoms with van der Waals surface area (Å²) in [5, 5.41) is 1.43. The second kappa shape index (κ2) is 10.3. The average Bonchev–Trinajstić information content (AvgIpc) is 3.28. The van der Waals surface area contributed by atoms with Crippen molar-refractivity contribution >= 4 is 56.2 Å². The largest absolute Gasteiger partial charge is 0.534 e. The van der Waals surface area contributed by atoms with Crippen molar-refractivity contribution in [3.63, 3.8) is 0 Å². The van der Waals surface area contributed by atoms with Crippen LogP contribution < -0.4 is 4.18 Å². The number of halogens is 3. The third kappa shape index (κ3) is 4.56. The van der Waals surface area contributed by atoms with Crippen LogP contribution in [0.4, 0.5) is 13.2 Å². The Balaban J connectivity index is 1.93. The molecule has 0 unspecified atom stereocenters. The summed E-state index contributed by atoms with van der Waals surface area (Å²) in [6.45, 7) is 15.4. The van der Waals surface area contributed by atoms with E-state index in [0.29, 0.717) is 22.2 Å². The summed E-state index contributed by atoms with van der Waals surface area (Å²) in [4.78, 5) is 0. The molecule has 0 amide bonds. The molecule has 8 heteroatoms. The number of alkyl halides is 3. The van der Waals surface area contributed by atoms with E-state index in [2.05, 4.69) is 30.5 Å². The molecular weight excluding hydrogens is 547 g/mol. The second-order valence-corrected chi connectivity index (χ2v) is 10.6. The summed E-state index contributed by atoms with van der Waals surface area (Å²) in [5.41, 5.74) is 0.324. The SMILES string of the molecule is C=Cc1cccc(-c2ccc3c4c(C=C)c(C=C)c(OS(=O)(=O)C(F)(F)F)cc4n(-c4ccccc4)c3c2)c1C=C. The van der Waals surface area contributed by atoms with Crippen molar-refractivity contribution in [1.82, 2.24) is 4.57 Å². The Hall–Kier alpha value is -4.82. The first kappa shape index (κ1) is 27.7. The molecule has 4 aromatic carbocycles. The van der Waals surface area contributed by atoms with Crippen LogP contribution in [0.1, 0.15) is 22.3 Å². The molecule has 1 heterocycles. The zero-order valence-electron chi connectivity index (χ0n) is 21.8. The molecule has 5 rings (SSSR count). The van der Waals surface area contributed by atoms with Crippen molar-refractivity contribution in [3.05, 3.63) is 121 Å². The molecule has 0 radical (unpaired) electrons. The van der Waals surface area contributed by atoms with E-state index < -0.39 is 21.4 Å². The topological polar surface area (TPSA) is 48.3 Å². The van der Waals surface area contributed by atoms with Crippen LogP contribution in [-0.4, -0.2) is 18.5 Å². The smallest absolute Gasteiger partial charge is 0.375 e. The highest BCUT2D eigenvalue weighted by atomic mass is 32.2. The molecule has 0 saturated carbocycles. The molecule has 0 N–H and O–H groups in total. The molecule has 0 bridgehead atoms. The van der Waals surface area contributed by atoms with Crippen LogP contribution in [0.5, 0.6) is 5.75 Å². The zero-order valence-corrected chi connectivity index (χ0v) is 22.6. The summed E-state index contributed by atoms with van der Waals surface area (Å²) in [6.07, 6.45) is 6.23. The Morgan fingerprint density at radius 1 is 0.732 bits per heavy atom. The quantitative estimate of drug-likeness (QED) is 0.138. The zero-order chi connectivity index (χ0) is 29.5.